The molecule has 0 aliphatic carbocycles. The van der Waals surface area contributed by atoms with Gasteiger partial charge in [-0.05, 0) is 55.0 Å². The van der Waals surface area contributed by atoms with Gasteiger partial charge in [-0.25, -0.2) is 17.8 Å². The quantitative estimate of drug-likeness (QED) is 0.640. The van der Waals surface area contributed by atoms with Gasteiger partial charge in [-0.3, -0.25) is 9.52 Å². The van der Waals surface area contributed by atoms with E-state index in [0.717, 1.165) is 23.3 Å². The number of anilines is 2. The van der Waals surface area contributed by atoms with Crippen LogP contribution in [0, 0.1) is 12.7 Å². The number of sulfonamides is 1. The van der Waals surface area contributed by atoms with Crippen LogP contribution in [0.4, 0.5) is 15.9 Å². The highest BCUT2D eigenvalue weighted by atomic mass is 32.2. The first-order valence-corrected chi connectivity index (χ1v) is 11.7. The predicted octanol–water partition coefficient (Wildman–Crippen LogP) is 3.29. The summed E-state index contributed by atoms with van der Waals surface area (Å²) in [4.78, 5) is 21.0. The number of amides is 1. The van der Waals surface area contributed by atoms with Crippen molar-refractivity contribution in [2.24, 2.45) is 0 Å². The summed E-state index contributed by atoms with van der Waals surface area (Å²) in [6, 6.07) is 15.5. The second-order valence-corrected chi connectivity index (χ2v) is 9.24. The van der Waals surface area contributed by atoms with E-state index in [-0.39, 0.29) is 10.8 Å². The van der Waals surface area contributed by atoms with Crippen molar-refractivity contribution in [3.05, 3.63) is 83.8 Å². The van der Waals surface area contributed by atoms with Crippen molar-refractivity contribution in [1.82, 2.24) is 9.88 Å². The number of nitrogens with one attached hydrogen (secondary N) is 1. The minimum atomic E-state index is -3.83. The molecular formula is C23H23FN4O3S. The van der Waals surface area contributed by atoms with Crippen LogP contribution < -0.4 is 9.62 Å². The molecule has 3 aromatic rings. The molecule has 32 heavy (non-hydrogen) atoms. The van der Waals surface area contributed by atoms with Crippen molar-refractivity contribution in [3.8, 4) is 0 Å². The Morgan fingerprint density at radius 1 is 0.969 bits per heavy atom. The summed E-state index contributed by atoms with van der Waals surface area (Å²) in [5.41, 5.74) is 1.99. The molecule has 0 spiro atoms. The number of halogens is 1. The summed E-state index contributed by atoms with van der Waals surface area (Å²) in [6.45, 7) is 4.34. The maximum Gasteiger partial charge on any atom is 0.261 e. The van der Waals surface area contributed by atoms with Crippen LogP contribution in [0.2, 0.25) is 0 Å². The number of benzene rings is 2. The SMILES string of the molecule is Cc1ccccc1C(=O)N1CCN(c2ccc(NS(=O)(=O)c3ccc(F)cc3)cn2)CC1. The van der Waals surface area contributed by atoms with Gasteiger partial charge in [0.05, 0.1) is 16.8 Å². The molecule has 1 saturated heterocycles. The maximum absolute atomic E-state index is 13.0. The van der Waals surface area contributed by atoms with Gasteiger partial charge in [0.2, 0.25) is 0 Å². The average molecular weight is 455 g/mol. The monoisotopic (exact) mass is 454 g/mol. The Labute approximate surface area is 186 Å². The van der Waals surface area contributed by atoms with E-state index in [1.165, 1.54) is 18.3 Å². The van der Waals surface area contributed by atoms with Crippen LogP contribution in [-0.4, -0.2) is 50.4 Å². The molecule has 0 unspecified atom stereocenters. The molecule has 1 amide bonds. The molecule has 1 aromatic heterocycles. The third-order valence-electron chi connectivity index (χ3n) is 5.39. The fourth-order valence-electron chi connectivity index (χ4n) is 3.58. The molecule has 2 heterocycles. The zero-order valence-corrected chi connectivity index (χ0v) is 18.3. The van der Waals surface area contributed by atoms with Crippen LogP contribution in [0.3, 0.4) is 0 Å². The van der Waals surface area contributed by atoms with Gasteiger partial charge < -0.3 is 9.80 Å². The Hall–Kier alpha value is -3.46. The Kier molecular flexibility index (Phi) is 6.09. The predicted molar refractivity (Wildman–Crippen MR) is 121 cm³/mol. The van der Waals surface area contributed by atoms with Gasteiger partial charge in [-0.15, -0.1) is 0 Å². The van der Waals surface area contributed by atoms with E-state index in [0.29, 0.717) is 37.7 Å². The zero-order chi connectivity index (χ0) is 22.7. The van der Waals surface area contributed by atoms with Crippen molar-refractivity contribution < 1.29 is 17.6 Å². The van der Waals surface area contributed by atoms with E-state index in [1.54, 1.807) is 12.1 Å². The van der Waals surface area contributed by atoms with Crippen LogP contribution >= 0.6 is 0 Å². The molecule has 0 bridgehead atoms. The zero-order valence-electron chi connectivity index (χ0n) is 17.5. The third-order valence-corrected chi connectivity index (χ3v) is 6.79. The average Bonchev–Trinajstić information content (AvgIpc) is 2.80. The molecule has 1 fully saturated rings. The lowest BCUT2D eigenvalue weighted by molar-refractivity contribution is 0.0746. The fourth-order valence-corrected chi connectivity index (χ4v) is 4.63. The summed E-state index contributed by atoms with van der Waals surface area (Å²) >= 11 is 0. The molecule has 4 rings (SSSR count). The van der Waals surface area contributed by atoms with Gasteiger partial charge in [0.1, 0.15) is 11.6 Å². The van der Waals surface area contributed by atoms with Crippen molar-refractivity contribution >= 4 is 27.4 Å². The van der Waals surface area contributed by atoms with E-state index in [2.05, 4.69) is 14.6 Å². The smallest absolute Gasteiger partial charge is 0.261 e. The van der Waals surface area contributed by atoms with E-state index >= 15 is 0 Å². The number of carbonyl (C=O) groups is 1. The highest BCUT2D eigenvalue weighted by molar-refractivity contribution is 7.92. The fraction of sp³-hybridized carbons (Fsp3) is 0.217. The number of pyridine rings is 1. The lowest BCUT2D eigenvalue weighted by Crippen LogP contribution is -2.49. The largest absolute Gasteiger partial charge is 0.353 e. The topological polar surface area (TPSA) is 82.6 Å². The highest BCUT2D eigenvalue weighted by Gasteiger charge is 2.24. The molecule has 7 nitrogen and oxygen atoms in total. The molecule has 2 aromatic carbocycles. The molecule has 1 N–H and O–H groups in total. The van der Waals surface area contributed by atoms with E-state index in [4.69, 9.17) is 0 Å². The minimum absolute atomic E-state index is 0.0289. The van der Waals surface area contributed by atoms with E-state index in [1.807, 2.05) is 36.1 Å². The Morgan fingerprint density at radius 2 is 1.66 bits per heavy atom. The van der Waals surface area contributed by atoms with Gasteiger partial charge in [-0.1, -0.05) is 18.2 Å². The maximum atomic E-state index is 13.0. The number of carbonyl (C=O) groups excluding carboxylic acids is 1. The first-order valence-electron chi connectivity index (χ1n) is 10.2. The Bertz CT molecular complexity index is 1210. The Balaban J connectivity index is 1.37. The summed E-state index contributed by atoms with van der Waals surface area (Å²) < 4.78 is 40.4. The third kappa shape index (κ3) is 4.72. The molecular weight excluding hydrogens is 431 g/mol. The normalized spacial score (nSPS) is 14.3. The molecule has 0 atom stereocenters. The first-order chi connectivity index (χ1) is 15.3. The molecule has 0 radical (unpaired) electrons. The number of hydrogen-bond acceptors (Lipinski definition) is 5. The lowest BCUT2D eigenvalue weighted by Gasteiger charge is -2.35. The number of hydrogen-bond donors (Lipinski definition) is 1. The first kappa shape index (κ1) is 21.8. The second kappa shape index (κ2) is 8.96. The van der Waals surface area contributed by atoms with Crippen molar-refractivity contribution in [1.29, 1.82) is 0 Å². The van der Waals surface area contributed by atoms with Crippen LogP contribution in [-0.2, 0) is 10.0 Å². The van der Waals surface area contributed by atoms with Crippen LogP contribution in [0.1, 0.15) is 15.9 Å². The number of aryl methyl sites for hydroxylation is 1. The number of nitrogens with zero attached hydrogens (tertiary/aromatic N) is 3. The van der Waals surface area contributed by atoms with Gasteiger partial charge >= 0.3 is 0 Å². The molecule has 1 aliphatic rings. The summed E-state index contributed by atoms with van der Waals surface area (Å²) in [5, 5.41) is 0. The second-order valence-electron chi connectivity index (χ2n) is 7.56. The summed E-state index contributed by atoms with van der Waals surface area (Å²) in [5.74, 6) is 0.231. The van der Waals surface area contributed by atoms with Crippen LogP contribution in [0.5, 0.6) is 0 Å². The molecule has 1 aliphatic heterocycles. The summed E-state index contributed by atoms with van der Waals surface area (Å²) in [6.07, 6.45) is 1.45. The number of piperazine rings is 1. The van der Waals surface area contributed by atoms with E-state index < -0.39 is 15.8 Å². The van der Waals surface area contributed by atoms with Crippen molar-refractivity contribution in [2.75, 3.05) is 35.8 Å². The van der Waals surface area contributed by atoms with Crippen LogP contribution in [0.25, 0.3) is 0 Å². The van der Waals surface area contributed by atoms with Gasteiger partial charge in [0.25, 0.3) is 15.9 Å². The summed E-state index contributed by atoms with van der Waals surface area (Å²) in [7, 11) is -3.83. The molecule has 9 heteroatoms. The van der Waals surface area contributed by atoms with Gasteiger partial charge in [0.15, 0.2) is 0 Å². The highest BCUT2D eigenvalue weighted by Crippen LogP contribution is 2.20. The molecule has 166 valence electrons. The van der Waals surface area contributed by atoms with Crippen LogP contribution in [0.15, 0.2) is 71.8 Å². The van der Waals surface area contributed by atoms with Gasteiger partial charge in [-0.2, -0.15) is 0 Å². The Morgan fingerprint density at radius 3 is 2.28 bits per heavy atom. The van der Waals surface area contributed by atoms with Crippen molar-refractivity contribution in [2.45, 2.75) is 11.8 Å². The van der Waals surface area contributed by atoms with E-state index in [9.17, 15) is 17.6 Å². The standard InChI is InChI=1S/C23H23FN4O3S/c1-17-4-2-3-5-21(17)23(29)28-14-12-27(13-15-28)22-11-8-19(16-25-22)26-32(30,31)20-9-6-18(24)7-10-20/h2-11,16,26H,12-15H2,1H3. The number of rotatable bonds is 5. The van der Waals surface area contributed by atoms with Gasteiger partial charge in [0, 0.05) is 31.7 Å². The number of aromatic nitrogens is 1. The minimum Gasteiger partial charge on any atom is -0.353 e. The molecule has 0 saturated carbocycles. The lowest BCUT2D eigenvalue weighted by atomic mass is 10.1. The van der Waals surface area contributed by atoms with Crippen molar-refractivity contribution in [3.63, 3.8) is 0 Å².